The Morgan fingerprint density at radius 2 is 2.04 bits per heavy atom. The fourth-order valence-electron chi connectivity index (χ4n) is 1.80. The van der Waals surface area contributed by atoms with Crippen molar-refractivity contribution in [2.24, 2.45) is 0 Å². The number of carbonyl (C=O) groups is 1. The molecule has 7 nitrogen and oxygen atoms in total. The van der Waals surface area contributed by atoms with Crippen LogP contribution in [0, 0.1) is 5.82 Å². The van der Waals surface area contributed by atoms with Gasteiger partial charge in [-0.05, 0) is 24.3 Å². The van der Waals surface area contributed by atoms with Gasteiger partial charge in [-0.1, -0.05) is 18.2 Å². The Balaban J connectivity index is 1.58. The average Bonchev–Trinajstić information content (AvgIpc) is 3.03. The van der Waals surface area contributed by atoms with Gasteiger partial charge in [-0.25, -0.2) is 4.39 Å². The molecule has 0 fully saturated rings. The van der Waals surface area contributed by atoms with Crippen LogP contribution < -0.4 is 10.1 Å². The van der Waals surface area contributed by atoms with Gasteiger partial charge in [0.2, 0.25) is 5.95 Å². The number of para-hydroxylation sites is 1. The van der Waals surface area contributed by atoms with Gasteiger partial charge in [-0.3, -0.25) is 20.2 Å². The minimum absolute atomic E-state index is 0.00631. The summed E-state index contributed by atoms with van der Waals surface area (Å²) >= 11 is 0. The summed E-state index contributed by atoms with van der Waals surface area (Å²) in [4.78, 5) is 20.0. The number of ether oxygens (including phenoxy) is 1. The highest BCUT2D eigenvalue weighted by Crippen LogP contribution is 2.15. The molecule has 3 rings (SSSR count). The molecule has 0 atom stereocenters. The molecule has 2 heterocycles. The number of aromatic nitrogens is 4. The van der Waals surface area contributed by atoms with E-state index < -0.39 is 11.7 Å². The molecule has 2 aromatic heterocycles. The lowest BCUT2D eigenvalue weighted by Gasteiger charge is -2.05. The predicted molar refractivity (Wildman–Crippen MR) is 80.1 cm³/mol. The van der Waals surface area contributed by atoms with Gasteiger partial charge in [0.05, 0.1) is 0 Å². The van der Waals surface area contributed by atoms with Crippen LogP contribution in [0.15, 0.2) is 48.7 Å². The minimum Gasteiger partial charge on any atom is -0.481 e. The highest BCUT2D eigenvalue weighted by molar-refractivity contribution is 5.90. The molecule has 1 aromatic carbocycles. The van der Waals surface area contributed by atoms with Gasteiger partial charge in [0.25, 0.3) is 5.91 Å². The van der Waals surface area contributed by atoms with Gasteiger partial charge >= 0.3 is 0 Å². The summed E-state index contributed by atoms with van der Waals surface area (Å²) in [6.45, 7) is -0.353. The number of anilines is 1. The molecule has 0 spiro atoms. The van der Waals surface area contributed by atoms with Crippen molar-refractivity contribution in [3.8, 4) is 17.3 Å². The maximum Gasteiger partial charge on any atom is 0.264 e. The van der Waals surface area contributed by atoms with Crippen LogP contribution in [0.5, 0.6) is 5.75 Å². The second-order valence-corrected chi connectivity index (χ2v) is 4.49. The average molecular weight is 313 g/mol. The van der Waals surface area contributed by atoms with Crippen LogP contribution in [0.4, 0.5) is 10.3 Å². The molecule has 0 bridgehead atoms. The first kappa shape index (κ1) is 14.6. The van der Waals surface area contributed by atoms with E-state index in [-0.39, 0.29) is 18.3 Å². The molecule has 0 radical (unpaired) electrons. The summed E-state index contributed by atoms with van der Waals surface area (Å²) in [5.41, 5.74) is 0.600. The number of nitrogens with one attached hydrogen (secondary N) is 2. The number of carbonyl (C=O) groups excluding carboxylic acids is 1. The molecule has 116 valence electrons. The number of hydrogen-bond donors (Lipinski definition) is 2. The summed E-state index contributed by atoms with van der Waals surface area (Å²) < 4.78 is 18.5. The number of nitrogens with zero attached hydrogens (tertiary/aromatic N) is 3. The fourth-order valence-corrected chi connectivity index (χ4v) is 1.80. The summed E-state index contributed by atoms with van der Waals surface area (Å²) in [6, 6.07) is 11.2. The van der Waals surface area contributed by atoms with Crippen LogP contribution in [0.3, 0.4) is 0 Å². The number of pyridine rings is 1. The molecule has 8 heteroatoms. The van der Waals surface area contributed by atoms with Crippen molar-refractivity contribution in [1.29, 1.82) is 0 Å². The molecule has 1 amide bonds. The number of hydrogen-bond acceptors (Lipinski definition) is 5. The third-order valence-corrected chi connectivity index (χ3v) is 2.84. The lowest BCUT2D eigenvalue weighted by Crippen LogP contribution is -2.21. The lowest BCUT2D eigenvalue weighted by atomic mass is 10.3. The van der Waals surface area contributed by atoms with Crippen LogP contribution in [0.1, 0.15) is 0 Å². The summed E-state index contributed by atoms with van der Waals surface area (Å²) in [5.74, 6) is -0.508. The molecule has 3 aromatic rings. The van der Waals surface area contributed by atoms with E-state index in [0.29, 0.717) is 11.5 Å². The molecular weight excluding hydrogens is 301 g/mol. The summed E-state index contributed by atoms with van der Waals surface area (Å²) in [7, 11) is 0. The number of benzene rings is 1. The van der Waals surface area contributed by atoms with Gasteiger partial charge in [-0.15, -0.1) is 5.10 Å². The molecule has 0 aliphatic heterocycles. The Morgan fingerprint density at radius 3 is 2.83 bits per heavy atom. The number of halogens is 1. The second kappa shape index (κ2) is 6.65. The van der Waals surface area contributed by atoms with Crippen molar-refractivity contribution in [2.45, 2.75) is 0 Å². The monoisotopic (exact) mass is 313 g/mol. The quantitative estimate of drug-likeness (QED) is 0.752. The third-order valence-electron chi connectivity index (χ3n) is 2.84. The first-order valence-electron chi connectivity index (χ1n) is 6.73. The van der Waals surface area contributed by atoms with E-state index in [9.17, 15) is 9.18 Å². The number of rotatable bonds is 5. The predicted octanol–water partition coefficient (Wildman–Crippen LogP) is 2.02. The van der Waals surface area contributed by atoms with E-state index in [0.717, 1.165) is 0 Å². The lowest BCUT2D eigenvalue weighted by molar-refractivity contribution is -0.118. The fraction of sp³-hybridized carbons (Fsp3) is 0.0667. The molecule has 0 unspecified atom stereocenters. The van der Waals surface area contributed by atoms with Crippen molar-refractivity contribution >= 4 is 11.9 Å². The zero-order valence-corrected chi connectivity index (χ0v) is 11.9. The standard InChI is InChI=1S/C15H12FN5O2/c16-10-5-1-2-7-12(10)23-9-13(22)18-15-19-14(20-21-15)11-6-3-4-8-17-11/h1-8H,9H2,(H2,18,19,20,21,22). The Hall–Kier alpha value is -3.29. The third kappa shape index (κ3) is 3.67. The SMILES string of the molecule is O=C(COc1ccccc1F)Nc1n[nH]c(-c2ccccn2)n1. The van der Waals surface area contributed by atoms with E-state index in [1.165, 1.54) is 18.2 Å². The van der Waals surface area contributed by atoms with Crippen molar-refractivity contribution in [1.82, 2.24) is 20.2 Å². The Bertz CT molecular complexity index is 806. The maximum atomic E-state index is 13.4. The van der Waals surface area contributed by atoms with Gasteiger partial charge < -0.3 is 4.74 Å². The molecule has 0 aliphatic carbocycles. The maximum absolute atomic E-state index is 13.4. The molecule has 2 N–H and O–H groups in total. The molecule has 23 heavy (non-hydrogen) atoms. The smallest absolute Gasteiger partial charge is 0.264 e. The summed E-state index contributed by atoms with van der Waals surface area (Å²) in [6.07, 6.45) is 1.62. The zero-order chi connectivity index (χ0) is 16.1. The second-order valence-electron chi connectivity index (χ2n) is 4.49. The number of H-pyrrole nitrogens is 1. The van der Waals surface area contributed by atoms with Crippen LogP contribution in [0.25, 0.3) is 11.5 Å². The minimum atomic E-state index is -0.532. The van der Waals surface area contributed by atoms with Gasteiger partial charge in [0.1, 0.15) is 5.69 Å². The van der Waals surface area contributed by atoms with E-state index in [4.69, 9.17) is 4.74 Å². The van der Waals surface area contributed by atoms with Crippen LogP contribution in [-0.2, 0) is 4.79 Å². The Kier molecular flexibility index (Phi) is 4.23. The summed E-state index contributed by atoms with van der Waals surface area (Å²) in [5, 5.41) is 8.99. The van der Waals surface area contributed by atoms with E-state index >= 15 is 0 Å². The molecule has 0 saturated carbocycles. The zero-order valence-electron chi connectivity index (χ0n) is 11.9. The van der Waals surface area contributed by atoms with Crippen molar-refractivity contribution in [2.75, 3.05) is 11.9 Å². The van der Waals surface area contributed by atoms with Gasteiger partial charge in [0.15, 0.2) is 24.0 Å². The van der Waals surface area contributed by atoms with E-state index in [2.05, 4.69) is 25.5 Å². The molecular formula is C15H12FN5O2. The highest BCUT2D eigenvalue weighted by atomic mass is 19.1. The van der Waals surface area contributed by atoms with Crippen molar-refractivity contribution in [3.05, 3.63) is 54.5 Å². The molecule has 0 saturated heterocycles. The first-order valence-corrected chi connectivity index (χ1v) is 6.73. The molecule has 0 aliphatic rings. The van der Waals surface area contributed by atoms with Gasteiger partial charge in [0, 0.05) is 6.20 Å². The number of aromatic amines is 1. The van der Waals surface area contributed by atoms with Gasteiger partial charge in [-0.2, -0.15) is 4.98 Å². The number of amides is 1. The van der Waals surface area contributed by atoms with E-state index in [1.807, 2.05) is 6.07 Å². The highest BCUT2D eigenvalue weighted by Gasteiger charge is 2.11. The normalized spacial score (nSPS) is 10.3. The van der Waals surface area contributed by atoms with Crippen LogP contribution in [-0.4, -0.2) is 32.7 Å². The van der Waals surface area contributed by atoms with Crippen molar-refractivity contribution in [3.63, 3.8) is 0 Å². The Labute approximate surface area is 130 Å². The topological polar surface area (TPSA) is 92.8 Å². The van der Waals surface area contributed by atoms with E-state index in [1.54, 1.807) is 24.4 Å². The van der Waals surface area contributed by atoms with Crippen LogP contribution >= 0.6 is 0 Å². The van der Waals surface area contributed by atoms with Crippen LogP contribution in [0.2, 0.25) is 0 Å². The van der Waals surface area contributed by atoms with Crippen molar-refractivity contribution < 1.29 is 13.9 Å². The Morgan fingerprint density at radius 1 is 1.22 bits per heavy atom. The largest absolute Gasteiger partial charge is 0.481 e. The first-order chi connectivity index (χ1) is 11.2.